The van der Waals surface area contributed by atoms with Gasteiger partial charge in [-0.05, 0) is 11.5 Å². The van der Waals surface area contributed by atoms with Crippen molar-refractivity contribution in [3.63, 3.8) is 0 Å². The lowest BCUT2D eigenvalue weighted by Crippen LogP contribution is -2.18. The van der Waals surface area contributed by atoms with E-state index >= 15 is 0 Å². The van der Waals surface area contributed by atoms with E-state index in [0.29, 0.717) is 0 Å². The third-order valence-corrected chi connectivity index (χ3v) is 2.50. The Morgan fingerprint density at radius 1 is 1.33 bits per heavy atom. The van der Waals surface area contributed by atoms with Crippen LogP contribution in [0.3, 0.4) is 0 Å². The van der Waals surface area contributed by atoms with Crippen molar-refractivity contribution in [3.8, 4) is 0 Å². The van der Waals surface area contributed by atoms with Crippen molar-refractivity contribution >= 4 is 5.65 Å². The maximum Gasteiger partial charge on any atom is 0.350 e. The van der Waals surface area contributed by atoms with E-state index in [9.17, 15) is 4.79 Å². The van der Waals surface area contributed by atoms with Crippen LogP contribution in [0, 0.1) is 0 Å². The van der Waals surface area contributed by atoms with Crippen LogP contribution in [0.5, 0.6) is 0 Å². The van der Waals surface area contributed by atoms with Crippen LogP contribution in [-0.2, 0) is 12.5 Å². The lowest BCUT2D eigenvalue weighted by atomic mass is 9.88. The number of hydrogen-bond acceptors (Lipinski definition) is 2. The zero-order chi connectivity index (χ0) is 11.2. The summed E-state index contributed by atoms with van der Waals surface area (Å²) >= 11 is 0. The van der Waals surface area contributed by atoms with Crippen LogP contribution in [-0.4, -0.2) is 14.2 Å². The van der Waals surface area contributed by atoms with Gasteiger partial charge in [0.05, 0.1) is 0 Å². The average Bonchev–Trinajstić information content (AvgIpc) is 2.41. The largest absolute Gasteiger partial charge is 0.350 e. The van der Waals surface area contributed by atoms with Gasteiger partial charge in [0.15, 0.2) is 5.65 Å². The third kappa shape index (κ3) is 1.46. The van der Waals surface area contributed by atoms with Crippen molar-refractivity contribution in [2.24, 2.45) is 7.05 Å². The fraction of sp³-hybridized carbons (Fsp3) is 0.455. The van der Waals surface area contributed by atoms with E-state index in [1.54, 1.807) is 17.6 Å². The fourth-order valence-electron chi connectivity index (χ4n) is 1.68. The molecule has 0 atom stereocenters. The highest BCUT2D eigenvalue weighted by Gasteiger charge is 2.19. The second-order valence-electron chi connectivity index (χ2n) is 4.77. The van der Waals surface area contributed by atoms with Crippen molar-refractivity contribution < 1.29 is 0 Å². The molecule has 0 saturated carbocycles. The zero-order valence-corrected chi connectivity index (χ0v) is 9.48. The molecule has 0 radical (unpaired) electrons. The van der Waals surface area contributed by atoms with Crippen molar-refractivity contribution in [2.45, 2.75) is 26.2 Å². The second-order valence-corrected chi connectivity index (χ2v) is 4.77. The standard InChI is InChI=1S/C11H15N3O/c1-11(2,3)8-6-5-7-14-9(8)12-13(4)10(14)15/h5-7H,1-4H3. The monoisotopic (exact) mass is 205 g/mol. The van der Waals surface area contributed by atoms with Crippen molar-refractivity contribution in [3.05, 3.63) is 34.4 Å². The normalized spacial score (nSPS) is 12.3. The Morgan fingerprint density at radius 3 is 2.60 bits per heavy atom. The molecule has 0 spiro atoms. The second kappa shape index (κ2) is 2.95. The zero-order valence-electron chi connectivity index (χ0n) is 9.48. The predicted octanol–water partition coefficient (Wildman–Crippen LogP) is 1.33. The maximum absolute atomic E-state index is 11.7. The van der Waals surface area contributed by atoms with E-state index < -0.39 is 0 Å². The SMILES string of the molecule is Cn1nc2c(C(C)(C)C)cccn2c1=O. The van der Waals surface area contributed by atoms with Gasteiger partial charge >= 0.3 is 5.69 Å². The smallest absolute Gasteiger partial charge is 0.250 e. The van der Waals surface area contributed by atoms with Crippen LogP contribution in [0.1, 0.15) is 26.3 Å². The van der Waals surface area contributed by atoms with Gasteiger partial charge < -0.3 is 0 Å². The summed E-state index contributed by atoms with van der Waals surface area (Å²) in [5, 5.41) is 4.25. The summed E-state index contributed by atoms with van der Waals surface area (Å²) < 4.78 is 2.95. The molecule has 2 aromatic rings. The lowest BCUT2D eigenvalue weighted by molar-refractivity contribution is 0.591. The summed E-state index contributed by atoms with van der Waals surface area (Å²) in [4.78, 5) is 11.7. The molecule has 2 heterocycles. The van der Waals surface area contributed by atoms with Gasteiger partial charge in [-0.2, -0.15) is 0 Å². The van der Waals surface area contributed by atoms with Crippen LogP contribution in [0.4, 0.5) is 0 Å². The molecule has 0 saturated heterocycles. The molecule has 0 N–H and O–H groups in total. The average molecular weight is 205 g/mol. The number of pyridine rings is 1. The van der Waals surface area contributed by atoms with E-state index in [2.05, 4.69) is 25.9 Å². The Hall–Kier alpha value is -1.58. The van der Waals surface area contributed by atoms with E-state index in [1.807, 2.05) is 12.1 Å². The van der Waals surface area contributed by atoms with Gasteiger partial charge in [-0.3, -0.25) is 4.40 Å². The van der Waals surface area contributed by atoms with Gasteiger partial charge in [0.25, 0.3) is 0 Å². The molecule has 0 amide bonds. The molecule has 15 heavy (non-hydrogen) atoms. The molecule has 0 aliphatic heterocycles. The first kappa shape index (κ1) is 9.96. The molecule has 4 heteroatoms. The quantitative estimate of drug-likeness (QED) is 0.651. The molecule has 0 aliphatic carbocycles. The first-order valence-electron chi connectivity index (χ1n) is 4.96. The number of aromatic nitrogens is 3. The van der Waals surface area contributed by atoms with Crippen molar-refractivity contribution in [1.82, 2.24) is 14.2 Å². The maximum atomic E-state index is 11.7. The molecule has 0 fully saturated rings. The Morgan fingerprint density at radius 2 is 2.00 bits per heavy atom. The van der Waals surface area contributed by atoms with Crippen LogP contribution >= 0.6 is 0 Å². The summed E-state index contributed by atoms with van der Waals surface area (Å²) in [6.45, 7) is 6.34. The van der Waals surface area contributed by atoms with E-state index in [1.165, 1.54) is 4.68 Å². The van der Waals surface area contributed by atoms with E-state index in [0.717, 1.165) is 11.2 Å². The van der Waals surface area contributed by atoms with E-state index in [4.69, 9.17) is 0 Å². The van der Waals surface area contributed by atoms with Gasteiger partial charge in [0, 0.05) is 18.8 Å². The molecule has 0 unspecified atom stereocenters. The van der Waals surface area contributed by atoms with Crippen LogP contribution in [0.15, 0.2) is 23.1 Å². The summed E-state index contributed by atoms with van der Waals surface area (Å²) in [5.41, 5.74) is 1.73. The molecule has 4 nitrogen and oxygen atoms in total. The van der Waals surface area contributed by atoms with Gasteiger partial charge in [-0.15, -0.1) is 5.10 Å². The number of nitrogens with zero attached hydrogens (tertiary/aromatic N) is 3. The summed E-state index contributed by atoms with van der Waals surface area (Å²) in [6, 6.07) is 3.90. The van der Waals surface area contributed by atoms with Gasteiger partial charge in [0.1, 0.15) is 0 Å². The molecule has 80 valence electrons. The first-order valence-corrected chi connectivity index (χ1v) is 4.96. The highest BCUT2D eigenvalue weighted by molar-refractivity contribution is 5.50. The van der Waals surface area contributed by atoms with Gasteiger partial charge in [-0.25, -0.2) is 9.48 Å². The van der Waals surface area contributed by atoms with Crippen LogP contribution in [0.2, 0.25) is 0 Å². The highest BCUT2D eigenvalue weighted by atomic mass is 16.2. The first-order chi connectivity index (χ1) is 6.91. The summed E-state index contributed by atoms with van der Waals surface area (Å²) in [6.07, 6.45) is 1.75. The topological polar surface area (TPSA) is 39.3 Å². The third-order valence-electron chi connectivity index (χ3n) is 2.50. The summed E-state index contributed by atoms with van der Waals surface area (Å²) in [5.74, 6) is 0. The molecule has 0 aliphatic rings. The minimum absolute atomic E-state index is 0.00664. The minimum Gasteiger partial charge on any atom is -0.250 e. The minimum atomic E-state index is -0.101. The Kier molecular flexibility index (Phi) is 1.96. The van der Waals surface area contributed by atoms with Crippen molar-refractivity contribution in [2.75, 3.05) is 0 Å². The molecule has 0 aromatic carbocycles. The Labute approximate surface area is 88.2 Å². The Balaban J connectivity index is 2.89. The number of hydrogen-bond donors (Lipinski definition) is 0. The molecular formula is C11H15N3O. The number of fused-ring (bicyclic) bond motifs is 1. The fourth-order valence-corrected chi connectivity index (χ4v) is 1.68. The highest BCUT2D eigenvalue weighted by Crippen LogP contribution is 2.24. The molecule has 2 rings (SSSR count). The lowest BCUT2D eigenvalue weighted by Gasteiger charge is -2.18. The van der Waals surface area contributed by atoms with Crippen molar-refractivity contribution in [1.29, 1.82) is 0 Å². The molecular weight excluding hydrogens is 190 g/mol. The number of rotatable bonds is 0. The van der Waals surface area contributed by atoms with E-state index in [-0.39, 0.29) is 11.1 Å². The van der Waals surface area contributed by atoms with Gasteiger partial charge in [-0.1, -0.05) is 26.8 Å². The van der Waals surface area contributed by atoms with Crippen LogP contribution in [0.25, 0.3) is 5.65 Å². The summed E-state index contributed by atoms with van der Waals surface area (Å²) in [7, 11) is 1.67. The molecule has 2 aromatic heterocycles. The van der Waals surface area contributed by atoms with Gasteiger partial charge in [0.2, 0.25) is 0 Å². The van der Waals surface area contributed by atoms with Crippen LogP contribution < -0.4 is 5.69 Å². The Bertz CT molecular complexity index is 557. The number of aryl methyl sites for hydroxylation is 1. The molecule has 0 bridgehead atoms. The predicted molar refractivity (Wildman–Crippen MR) is 59.1 cm³/mol.